The molecule has 27 heavy (non-hydrogen) atoms. The third-order valence-electron chi connectivity index (χ3n) is 4.96. The summed E-state index contributed by atoms with van der Waals surface area (Å²) in [6.45, 7) is 20.5. The SMILES string of the molecule is CCNC(=NCC(C(CC)CC)N1CCOCC1)NCCNC(C)(C)C.I. The average molecular weight is 498 g/mol. The first kappa shape index (κ1) is 26.9. The molecule has 1 unspecified atom stereocenters. The van der Waals surface area contributed by atoms with Gasteiger partial charge in [-0.25, -0.2) is 0 Å². The number of hydrogen-bond acceptors (Lipinski definition) is 4. The summed E-state index contributed by atoms with van der Waals surface area (Å²) in [4.78, 5) is 7.50. The Bertz CT molecular complexity index is 390. The van der Waals surface area contributed by atoms with Crippen molar-refractivity contribution in [3.63, 3.8) is 0 Å². The Labute approximate surface area is 184 Å². The summed E-state index contributed by atoms with van der Waals surface area (Å²) in [5.74, 6) is 1.61. The van der Waals surface area contributed by atoms with Crippen molar-refractivity contribution in [2.45, 2.75) is 66.0 Å². The summed E-state index contributed by atoms with van der Waals surface area (Å²) in [6, 6.07) is 0.497. The summed E-state index contributed by atoms with van der Waals surface area (Å²) >= 11 is 0. The quantitative estimate of drug-likeness (QED) is 0.188. The maximum atomic E-state index is 5.54. The van der Waals surface area contributed by atoms with Gasteiger partial charge >= 0.3 is 0 Å². The zero-order valence-corrected chi connectivity index (χ0v) is 20.8. The van der Waals surface area contributed by atoms with E-state index in [1.807, 2.05) is 0 Å². The van der Waals surface area contributed by atoms with Crippen LogP contribution in [0.4, 0.5) is 0 Å². The highest BCUT2D eigenvalue weighted by atomic mass is 127. The highest BCUT2D eigenvalue weighted by Crippen LogP contribution is 2.20. The van der Waals surface area contributed by atoms with Gasteiger partial charge in [-0.2, -0.15) is 0 Å². The topological polar surface area (TPSA) is 60.9 Å². The first-order valence-electron chi connectivity index (χ1n) is 10.5. The molecule has 3 N–H and O–H groups in total. The van der Waals surface area contributed by atoms with Gasteiger partial charge in [-0.3, -0.25) is 9.89 Å². The number of ether oxygens (including phenoxy) is 1. The third kappa shape index (κ3) is 11.5. The molecular weight excluding hydrogens is 453 g/mol. The number of rotatable bonds is 10. The highest BCUT2D eigenvalue weighted by Gasteiger charge is 2.26. The molecule has 0 aromatic carbocycles. The number of nitrogens with zero attached hydrogens (tertiary/aromatic N) is 2. The van der Waals surface area contributed by atoms with Crippen molar-refractivity contribution in [1.82, 2.24) is 20.9 Å². The van der Waals surface area contributed by atoms with E-state index >= 15 is 0 Å². The normalized spacial score (nSPS) is 17.5. The van der Waals surface area contributed by atoms with Crippen LogP contribution in [-0.2, 0) is 4.74 Å². The molecule has 6 nitrogen and oxygen atoms in total. The van der Waals surface area contributed by atoms with Crippen molar-refractivity contribution in [1.29, 1.82) is 0 Å². The highest BCUT2D eigenvalue weighted by molar-refractivity contribution is 14.0. The van der Waals surface area contributed by atoms with Gasteiger partial charge in [0.1, 0.15) is 0 Å². The number of guanidine groups is 1. The summed E-state index contributed by atoms with van der Waals surface area (Å²) in [5.41, 5.74) is 0.147. The first-order chi connectivity index (χ1) is 12.4. The van der Waals surface area contributed by atoms with Crippen molar-refractivity contribution in [3.05, 3.63) is 0 Å². The van der Waals surface area contributed by atoms with Crippen LogP contribution in [-0.4, -0.2) is 74.9 Å². The molecule has 1 aliphatic rings. The van der Waals surface area contributed by atoms with E-state index in [4.69, 9.17) is 9.73 Å². The Morgan fingerprint density at radius 2 is 1.67 bits per heavy atom. The number of hydrogen-bond donors (Lipinski definition) is 3. The van der Waals surface area contributed by atoms with Crippen LogP contribution in [0.1, 0.15) is 54.4 Å². The van der Waals surface area contributed by atoms with Crippen LogP contribution in [0.15, 0.2) is 4.99 Å². The van der Waals surface area contributed by atoms with Crippen molar-refractivity contribution in [2.75, 3.05) is 52.5 Å². The molecule has 1 heterocycles. The molecule has 0 amide bonds. The third-order valence-corrected chi connectivity index (χ3v) is 4.96. The van der Waals surface area contributed by atoms with Crippen LogP contribution in [0.2, 0.25) is 0 Å². The van der Waals surface area contributed by atoms with E-state index in [0.717, 1.165) is 58.4 Å². The van der Waals surface area contributed by atoms with Gasteiger partial charge < -0.3 is 20.7 Å². The van der Waals surface area contributed by atoms with E-state index in [9.17, 15) is 0 Å². The number of halogens is 1. The van der Waals surface area contributed by atoms with Crippen LogP contribution in [0, 0.1) is 5.92 Å². The fourth-order valence-corrected chi connectivity index (χ4v) is 3.45. The van der Waals surface area contributed by atoms with Gasteiger partial charge in [-0.05, 0) is 33.6 Å². The largest absolute Gasteiger partial charge is 0.379 e. The van der Waals surface area contributed by atoms with Crippen LogP contribution < -0.4 is 16.0 Å². The number of nitrogens with one attached hydrogen (secondary N) is 3. The molecule has 1 fully saturated rings. The minimum atomic E-state index is 0. The Morgan fingerprint density at radius 1 is 1.04 bits per heavy atom. The lowest BCUT2D eigenvalue weighted by atomic mass is 9.92. The predicted octanol–water partition coefficient (Wildman–Crippen LogP) is 2.68. The number of morpholine rings is 1. The molecule has 7 heteroatoms. The van der Waals surface area contributed by atoms with Crippen LogP contribution in [0.25, 0.3) is 0 Å². The maximum absolute atomic E-state index is 5.54. The smallest absolute Gasteiger partial charge is 0.191 e. The van der Waals surface area contributed by atoms with E-state index in [2.05, 4.69) is 62.4 Å². The van der Waals surface area contributed by atoms with Crippen molar-refractivity contribution in [3.8, 4) is 0 Å². The van der Waals surface area contributed by atoms with Crippen molar-refractivity contribution < 1.29 is 4.74 Å². The Morgan fingerprint density at radius 3 is 2.19 bits per heavy atom. The standard InChI is InChI=1S/C20H43N5O.HI/c1-7-17(8-2)18(25-12-14-26-15-13-25)16-23-19(21-9-3)22-10-11-24-20(4,5)6;/h17-18,24H,7-16H2,1-6H3,(H2,21,22,23);1H. The summed E-state index contributed by atoms with van der Waals surface area (Å²) < 4.78 is 5.54. The van der Waals surface area contributed by atoms with Gasteiger partial charge in [0.2, 0.25) is 0 Å². The van der Waals surface area contributed by atoms with E-state index < -0.39 is 0 Å². The van der Waals surface area contributed by atoms with Gasteiger partial charge in [0.15, 0.2) is 5.96 Å². The lowest BCUT2D eigenvalue weighted by Crippen LogP contribution is -2.49. The fraction of sp³-hybridized carbons (Fsp3) is 0.950. The molecule has 0 aromatic rings. The molecule has 0 spiro atoms. The van der Waals surface area contributed by atoms with E-state index in [1.165, 1.54) is 12.8 Å². The Hall–Kier alpha value is -0.120. The molecule has 0 bridgehead atoms. The zero-order valence-electron chi connectivity index (χ0n) is 18.4. The Balaban J connectivity index is 0.00000676. The van der Waals surface area contributed by atoms with Gasteiger partial charge in [0, 0.05) is 44.3 Å². The maximum Gasteiger partial charge on any atom is 0.191 e. The molecule has 1 saturated heterocycles. The van der Waals surface area contributed by atoms with Crippen LogP contribution in [0.5, 0.6) is 0 Å². The lowest BCUT2D eigenvalue weighted by Gasteiger charge is -2.38. The monoisotopic (exact) mass is 497 g/mol. The summed E-state index contributed by atoms with van der Waals surface area (Å²) in [7, 11) is 0. The van der Waals surface area contributed by atoms with Crippen LogP contribution >= 0.6 is 24.0 Å². The van der Waals surface area contributed by atoms with Crippen molar-refractivity contribution >= 4 is 29.9 Å². The summed E-state index contributed by atoms with van der Waals surface area (Å²) in [5, 5.41) is 10.3. The minimum absolute atomic E-state index is 0. The van der Waals surface area contributed by atoms with E-state index in [1.54, 1.807) is 0 Å². The Kier molecular flexibility index (Phi) is 14.8. The van der Waals surface area contributed by atoms with Crippen LogP contribution in [0.3, 0.4) is 0 Å². The lowest BCUT2D eigenvalue weighted by molar-refractivity contribution is 0.00395. The molecule has 162 valence electrons. The van der Waals surface area contributed by atoms with E-state index in [0.29, 0.717) is 12.0 Å². The molecular formula is C20H44IN5O. The van der Waals surface area contributed by atoms with Gasteiger partial charge in [0.05, 0.1) is 19.8 Å². The van der Waals surface area contributed by atoms with Crippen molar-refractivity contribution in [2.24, 2.45) is 10.9 Å². The molecule has 0 aliphatic carbocycles. The second kappa shape index (κ2) is 14.8. The first-order valence-corrected chi connectivity index (χ1v) is 10.5. The predicted molar refractivity (Wildman–Crippen MR) is 127 cm³/mol. The zero-order chi connectivity index (χ0) is 19.4. The fourth-order valence-electron chi connectivity index (χ4n) is 3.45. The minimum Gasteiger partial charge on any atom is -0.379 e. The van der Waals surface area contributed by atoms with E-state index in [-0.39, 0.29) is 29.5 Å². The molecule has 0 saturated carbocycles. The molecule has 1 rings (SSSR count). The second-order valence-electron chi connectivity index (χ2n) is 8.12. The molecule has 1 aliphatic heterocycles. The summed E-state index contributed by atoms with van der Waals surface area (Å²) in [6.07, 6.45) is 2.40. The van der Waals surface area contributed by atoms with Gasteiger partial charge in [-0.1, -0.05) is 26.7 Å². The average Bonchev–Trinajstić information content (AvgIpc) is 2.62. The number of aliphatic imine (C=N–C) groups is 1. The molecule has 0 aromatic heterocycles. The van der Waals surface area contributed by atoms with Gasteiger partial charge in [-0.15, -0.1) is 24.0 Å². The van der Waals surface area contributed by atoms with Gasteiger partial charge in [0.25, 0.3) is 0 Å². The second-order valence-corrected chi connectivity index (χ2v) is 8.12. The molecule has 0 radical (unpaired) electrons. The molecule has 1 atom stereocenters.